The molecular formula is C15H20BrNO. The summed E-state index contributed by atoms with van der Waals surface area (Å²) in [6, 6.07) is 5.84. The molecule has 2 rings (SSSR count). The van der Waals surface area contributed by atoms with Crippen molar-refractivity contribution in [2.45, 2.75) is 33.1 Å². The van der Waals surface area contributed by atoms with E-state index in [1.54, 1.807) is 0 Å². The lowest BCUT2D eigenvalue weighted by molar-refractivity contribution is 0.0705. The normalized spacial score (nSPS) is 15.3. The maximum absolute atomic E-state index is 12.5. The molecule has 1 aromatic carbocycles. The molecule has 1 fully saturated rings. The van der Waals surface area contributed by atoms with Crippen molar-refractivity contribution in [3.8, 4) is 0 Å². The van der Waals surface area contributed by atoms with Gasteiger partial charge in [-0.2, -0.15) is 0 Å². The minimum absolute atomic E-state index is 0.170. The van der Waals surface area contributed by atoms with E-state index in [4.69, 9.17) is 0 Å². The second-order valence-corrected chi connectivity index (χ2v) is 5.91. The Labute approximate surface area is 117 Å². The molecule has 0 aliphatic heterocycles. The highest BCUT2D eigenvalue weighted by atomic mass is 79.9. The van der Waals surface area contributed by atoms with Crippen LogP contribution in [0, 0.1) is 12.8 Å². The van der Waals surface area contributed by atoms with Crippen LogP contribution in [0.1, 0.15) is 42.1 Å². The first kappa shape index (κ1) is 13.6. The van der Waals surface area contributed by atoms with Crippen molar-refractivity contribution in [2.24, 2.45) is 5.92 Å². The Morgan fingerprint density at radius 1 is 1.44 bits per heavy atom. The maximum atomic E-state index is 12.5. The molecule has 0 radical (unpaired) electrons. The van der Waals surface area contributed by atoms with Crippen LogP contribution in [0.15, 0.2) is 22.7 Å². The highest BCUT2D eigenvalue weighted by Gasteiger charge is 2.24. The van der Waals surface area contributed by atoms with E-state index in [0.29, 0.717) is 0 Å². The second kappa shape index (κ2) is 5.87. The Bertz CT molecular complexity index is 440. The number of benzene rings is 1. The summed E-state index contributed by atoms with van der Waals surface area (Å²) in [4.78, 5) is 14.5. The molecule has 0 atom stereocenters. The summed E-state index contributed by atoms with van der Waals surface area (Å²) in [5.74, 6) is 0.893. The van der Waals surface area contributed by atoms with E-state index in [9.17, 15) is 4.79 Å². The van der Waals surface area contributed by atoms with Gasteiger partial charge in [-0.3, -0.25) is 4.79 Å². The van der Waals surface area contributed by atoms with Crippen LogP contribution in [0.5, 0.6) is 0 Å². The number of hydrogen-bond acceptors (Lipinski definition) is 1. The van der Waals surface area contributed by atoms with Crippen LogP contribution in [-0.4, -0.2) is 23.9 Å². The van der Waals surface area contributed by atoms with Crippen LogP contribution in [0.25, 0.3) is 0 Å². The monoisotopic (exact) mass is 309 g/mol. The molecule has 1 aliphatic rings. The molecule has 0 unspecified atom stereocenters. The molecule has 0 bridgehead atoms. The second-order valence-electron chi connectivity index (χ2n) is 5.05. The molecule has 1 amide bonds. The number of carbonyl (C=O) groups excluding carboxylic acids is 1. The van der Waals surface area contributed by atoms with Crippen LogP contribution in [0.2, 0.25) is 0 Å². The third-order valence-corrected chi connectivity index (χ3v) is 4.73. The Hall–Kier alpha value is -0.830. The van der Waals surface area contributed by atoms with Crippen LogP contribution >= 0.6 is 15.9 Å². The van der Waals surface area contributed by atoms with Gasteiger partial charge < -0.3 is 4.90 Å². The molecule has 2 nitrogen and oxygen atoms in total. The Morgan fingerprint density at radius 2 is 2.17 bits per heavy atom. The van der Waals surface area contributed by atoms with Gasteiger partial charge in [-0.05, 0) is 50.3 Å². The topological polar surface area (TPSA) is 20.3 Å². The van der Waals surface area contributed by atoms with Crippen LogP contribution in [-0.2, 0) is 0 Å². The summed E-state index contributed by atoms with van der Waals surface area (Å²) in [6.45, 7) is 5.76. The lowest BCUT2D eigenvalue weighted by atomic mass is 9.85. The Morgan fingerprint density at radius 3 is 2.72 bits per heavy atom. The fourth-order valence-corrected chi connectivity index (χ4v) is 2.72. The molecule has 0 saturated heterocycles. The van der Waals surface area contributed by atoms with Gasteiger partial charge >= 0.3 is 0 Å². The van der Waals surface area contributed by atoms with Gasteiger partial charge in [0, 0.05) is 23.1 Å². The molecule has 0 spiro atoms. The van der Waals surface area contributed by atoms with Crippen molar-refractivity contribution in [1.82, 2.24) is 4.90 Å². The predicted molar refractivity (Wildman–Crippen MR) is 77.8 cm³/mol. The van der Waals surface area contributed by atoms with Gasteiger partial charge in [0.05, 0.1) is 0 Å². The number of rotatable bonds is 4. The number of halogens is 1. The van der Waals surface area contributed by atoms with Gasteiger partial charge in [0.15, 0.2) is 0 Å². The molecule has 0 aromatic heterocycles. The van der Waals surface area contributed by atoms with E-state index < -0.39 is 0 Å². The molecule has 98 valence electrons. The van der Waals surface area contributed by atoms with E-state index >= 15 is 0 Å². The minimum Gasteiger partial charge on any atom is -0.339 e. The summed E-state index contributed by atoms with van der Waals surface area (Å²) < 4.78 is 1.01. The third kappa shape index (κ3) is 2.77. The lowest BCUT2D eigenvalue weighted by Gasteiger charge is -2.32. The largest absolute Gasteiger partial charge is 0.339 e. The van der Waals surface area contributed by atoms with E-state index in [1.165, 1.54) is 19.3 Å². The summed E-state index contributed by atoms with van der Waals surface area (Å²) in [7, 11) is 0. The van der Waals surface area contributed by atoms with Crippen molar-refractivity contribution < 1.29 is 4.79 Å². The molecule has 0 N–H and O–H groups in total. The Balaban J connectivity index is 2.14. The first-order valence-corrected chi connectivity index (χ1v) is 7.47. The van der Waals surface area contributed by atoms with E-state index in [0.717, 1.165) is 34.6 Å². The first-order valence-electron chi connectivity index (χ1n) is 6.68. The average molecular weight is 310 g/mol. The third-order valence-electron chi connectivity index (χ3n) is 3.87. The van der Waals surface area contributed by atoms with Crippen molar-refractivity contribution in [2.75, 3.05) is 13.1 Å². The SMILES string of the molecule is CCN(CC1CCC1)C(=O)c1cccc(Br)c1C. The summed E-state index contributed by atoms with van der Waals surface area (Å²) in [5, 5.41) is 0. The number of carbonyl (C=O) groups is 1. The highest BCUT2D eigenvalue weighted by molar-refractivity contribution is 9.10. The summed E-state index contributed by atoms with van der Waals surface area (Å²) in [5.41, 5.74) is 1.86. The fourth-order valence-electron chi connectivity index (χ4n) is 2.35. The van der Waals surface area contributed by atoms with Gasteiger partial charge in [-0.1, -0.05) is 28.4 Å². The summed E-state index contributed by atoms with van der Waals surface area (Å²) in [6.07, 6.45) is 3.88. The zero-order chi connectivity index (χ0) is 13.1. The van der Waals surface area contributed by atoms with Gasteiger partial charge in [0.25, 0.3) is 5.91 Å². The molecule has 1 aromatic rings. The first-order chi connectivity index (χ1) is 8.63. The van der Waals surface area contributed by atoms with Crippen LogP contribution in [0.4, 0.5) is 0 Å². The molecule has 0 heterocycles. The van der Waals surface area contributed by atoms with Crippen molar-refractivity contribution in [3.63, 3.8) is 0 Å². The zero-order valence-electron chi connectivity index (χ0n) is 11.1. The lowest BCUT2D eigenvalue weighted by Crippen LogP contribution is -2.37. The van der Waals surface area contributed by atoms with E-state index in [1.807, 2.05) is 30.0 Å². The minimum atomic E-state index is 0.170. The van der Waals surface area contributed by atoms with Crippen molar-refractivity contribution >= 4 is 21.8 Å². The van der Waals surface area contributed by atoms with Crippen molar-refractivity contribution in [1.29, 1.82) is 0 Å². The smallest absolute Gasteiger partial charge is 0.254 e. The molecular weight excluding hydrogens is 290 g/mol. The molecule has 1 aliphatic carbocycles. The standard InChI is InChI=1S/C15H20BrNO/c1-3-17(10-12-6-4-7-12)15(18)13-8-5-9-14(16)11(13)2/h5,8-9,12H,3-4,6-7,10H2,1-2H3. The van der Waals surface area contributed by atoms with Gasteiger partial charge in [-0.15, -0.1) is 0 Å². The van der Waals surface area contributed by atoms with E-state index in [-0.39, 0.29) is 5.91 Å². The Kier molecular flexibility index (Phi) is 4.44. The summed E-state index contributed by atoms with van der Waals surface area (Å²) >= 11 is 3.49. The fraction of sp³-hybridized carbons (Fsp3) is 0.533. The quantitative estimate of drug-likeness (QED) is 0.822. The average Bonchev–Trinajstić information content (AvgIpc) is 2.31. The molecule has 3 heteroatoms. The zero-order valence-corrected chi connectivity index (χ0v) is 12.7. The van der Waals surface area contributed by atoms with Crippen LogP contribution < -0.4 is 0 Å². The van der Waals surface area contributed by atoms with Gasteiger partial charge in [0.1, 0.15) is 0 Å². The van der Waals surface area contributed by atoms with Gasteiger partial charge in [0.2, 0.25) is 0 Å². The molecule has 1 saturated carbocycles. The number of amides is 1. The van der Waals surface area contributed by atoms with Crippen molar-refractivity contribution in [3.05, 3.63) is 33.8 Å². The van der Waals surface area contributed by atoms with Gasteiger partial charge in [-0.25, -0.2) is 0 Å². The number of hydrogen-bond donors (Lipinski definition) is 0. The molecule has 18 heavy (non-hydrogen) atoms. The number of nitrogens with zero attached hydrogens (tertiary/aromatic N) is 1. The van der Waals surface area contributed by atoms with E-state index in [2.05, 4.69) is 22.9 Å². The maximum Gasteiger partial charge on any atom is 0.254 e. The highest BCUT2D eigenvalue weighted by Crippen LogP contribution is 2.28. The van der Waals surface area contributed by atoms with Crippen LogP contribution in [0.3, 0.4) is 0 Å². The predicted octanol–water partition coefficient (Wildman–Crippen LogP) is 4.02.